The number of fused-ring (bicyclic) bond motifs is 1. The summed E-state index contributed by atoms with van der Waals surface area (Å²) in [4.78, 5) is 12.5. The van der Waals surface area contributed by atoms with Crippen molar-refractivity contribution < 1.29 is 9.53 Å². The first-order chi connectivity index (χ1) is 11.7. The van der Waals surface area contributed by atoms with Gasteiger partial charge in [-0.1, -0.05) is 65.8 Å². The highest BCUT2D eigenvalue weighted by Gasteiger charge is 2.22. The molecule has 0 bridgehead atoms. The summed E-state index contributed by atoms with van der Waals surface area (Å²) in [6.45, 7) is 15.5. The third kappa shape index (κ3) is 10.4. The van der Waals surface area contributed by atoms with Crippen molar-refractivity contribution in [2.45, 2.75) is 73.3 Å². The first kappa shape index (κ1) is 24.9. The first-order valence-corrected chi connectivity index (χ1v) is 9.58. The number of nitrogens with zero attached hydrogens (tertiary/aromatic N) is 1. The van der Waals surface area contributed by atoms with E-state index >= 15 is 0 Å². The third-order valence-corrected chi connectivity index (χ3v) is 3.51. The van der Waals surface area contributed by atoms with Gasteiger partial charge in [0.05, 0.1) is 0 Å². The number of aryl methyl sites for hydroxylation is 1. The molecule has 1 aromatic carbocycles. The van der Waals surface area contributed by atoms with Crippen LogP contribution in [0.5, 0.6) is 0 Å². The number of hydrogen-bond acceptors (Lipinski definition) is 3. The number of carbonyl (C=O) groups excluding carboxylic acids is 1. The van der Waals surface area contributed by atoms with Gasteiger partial charge in [0.15, 0.2) is 0 Å². The van der Waals surface area contributed by atoms with Crippen LogP contribution in [0.3, 0.4) is 0 Å². The Morgan fingerprint density at radius 1 is 1.08 bits per heavy atom. The molecule has 0 radical (unpaired) electrons. The molecule has 0 spiro atoms. The molecule has 0 amide bonds. The lowest BCUT2D eigenvalue weighted by Crippen LogP contribution is -2.19. The van der Waals surface area contributed by atoms with Gasteiger partial charge in [-0.25, -0.2) is 0 Å². The molecule has 140 valence electrons. The van der Waals surface area contributed by atoms with E-state index in [0.717, 1.165) is 12.8 Å². The molecule has 0 aliphatic heterocycles. The highest BCUT2D eigenvalue weighted by Crippen LogP contribution is 2.32. The van der Waals surface area contributed by atoms with Crippen LogP contribution in [0, 0.1) is 0 Å². The van der Waals surface area contributed by atoms with Crippen LogP contribution < -0.4 is 0 Å². The lowest BCUT2D eigenvalue weighted by molar-refractivity contribution is -0.133. The van der Waals surface area contributed by atoms with Gasteiger partial charge in [0.2, 0.25) is 0 Å². The van der Waals surface area contributed by atoms with Crippen molar-refractivity contribution in [2.24, 2.45) is 0 Å². The first-order valence-electron chi connectivity index (χ1n) is 9.58. The lowest BCUT2D eigenvalue weighted by Gasteiger charge is -2.12. The van der Waals surface area contributed by atoms with Gasteiger partial charge >= 0.3 is 0 Å². The maximum Gasteiger partial charge on any atom is 0.293 e. The van der Waals surface area contributed by atoms with Gasteiger partial charge in [-0.2, -0.15) is 0 Å². The van der Waals surface area contributed by atoms with E-state index in [1.807, 2.05) is 45.9 Å². The molecule has 1 aliphatic carbocycles. The van der Waals surface area contributed by atoms with E-state index in [2.05, 4.69) is 31.9 Å². The second kappa shape index (κ2) is 18.0. The average Bonchev–Trinajstić information content (AvgIpc) is 3.03. The summed E-state index contributed by atoms with van der Waals surface area (Å²) in [6, 6.07) is 8.10. The highest BCUT2D eigenvalue weighted by atomic mass is 16.5. The zero-order valence-corrected chi connectivity index (χ0v) is 17.0. The molecule has 3 heteroatoms. The predicted molar refractivity (Wildman–Crippen MR) is 105 cm³/mol. The van der Waals surface area contributed by atoms with Crippen LogP contribution in [0.25, 0.3) is 0 Å². The molecule has 24 heavy (non-hydrogen) atoms. The van der Waals surface area contributed by atoms with Crippen molar-refractivity contribution in [3.8, 4) is 0 Å². The van der Waals surface area contributed by atoms with Crippen LogP contribution >= 0.6 is 0 Å². The van der Waals surface area contributed by atoms with Gasteiger partial charge in [-0.05, 0) is 56.9 Å². The zero-order chi connectivity index (χ0) is 18.8. The van der Waals surface area contributed by atoms with Crippen LogP contribution in [0.2, 0.25) is 0 Å². The molecule has 0 saturated heterocycles. The quantitative estimate of drug-likeness (QED) is 0.629. The van der Waals surface area contributed by atoms with Crippen LogP contribution in [-0.2, 0) is 16.0 Å². The molecular formula is C21H39NO2. The largest absolute Gasteiger partial charge is 0.460 e. The Morgan fingerprint density at radius 2 is 1.62 bits per heavy atom. The number of ether oxygens (including phenoxy) is 1. The van der Waals surface area contributed by atoms with Crippen molar-refractivity contribution in [1.29, 1.82) is 0 Å². The third-order valence-electron chi connectivity index (χ3n) is 3.51. The minimum absolute atomic E-state index is 0.00120. The van der Waals surface area contributed by atoms with Gasteiger partial charge in [0.1, 0.15) is 6.10 Å². The Morgan fingerprint density at radius 3 is 2.12 bits per heavy atom. The predicted octanol–water partition coefficient (Wildman–Crippen LogP) is 5.64. The number of carbonyl (C=O) groups is 1. The van der Waals surface area contributed by atoms with E-state index in [1.54, 1.807) is 0 Å². The summed E-state index contributed by atoms with van der Waals surface area (Å²) < 4.78 is 4.95. The summed E-state index contributed by atoms with van der Waals surface area (Å²) in [6.07, 6.45) is 4.50. The topological polar surface area (TPSA) is 29.5 Å². The zero-order valence-electron chi connectivity index (χ0n) is 17.0. The molecule has 1 aromatic rings. The van der Waals surface area contributed by atoms with Crippen molar-refractivity contribution in [3.05, 3.63) is 35.4 Å². The van der Waals surface area contributed by atoms with Crippen molar-refractivity contribution in [2.75, 3.05) is 20.1 Å². The fraction of sp³-hybridized carbons (Fsp3) is 0.667. The average molecular weight is 338 g/mol. The summed E-state index contributed by atoms with van der Waals surface area (Å²) in [5.74, 6) is 0. The van der Waals surface area contributed by atoms with E-state index in [-0.39, 0.29) is 6.10 Å². The van der Waals surface area contributed by atoms with Crippen molar-refractivity contribution >= 4 is 6.47 Å². The Balaban J connectivity index is 0. The summed E-state index contributed by atoms with van der Waals surface area (Å²) in [5.41, 5.74) is 2.48. The smallest absolute Gasteiger partial charge is 0.293 e. The number of hydrogen-bond donors (Lipinski definition) is 0. The number of benzene rings is 1. The molecule has 0 N–H and O–H groups in total. The minimum atomic E-state index is -0.00120. The van der Waals surface area contributed by atoms with E-state index in [9.17, 15) is 4.79 Å². The standard InChI is InChI=1S/C10H10O2.C7H17N.2C2H6/c11-7-12-10-6-5-8-3-1-2-4-9(8)10;1-4-6-8(3)7-5-2;2*1-2/h1-4,7,10H,5-6H2;4-7H2,1-3H3;2*1-2H3. The van der Waals surface area contributed by atoms with Crippen molar-refractivity contribution in [3.63, 3.8) is 0 Å². The van der Waals surface area contributed by atoms with Gasteiger partial charge < -0.3 is 9.64 Å². The fourth-order valence-corrected chi connectivity index (χ4v) is 2.60. The molecular weight excluding hydrogens is 298 g/mol. The van der Waals surface area contributed by atoms with Gasteiger partial charge in [0, 0.05) is 0 Å². The summed E-state index contributed by atoms with van der Waals surface area (Å²) in [5, 5.41) is 0. The van der Waals surface area contributed by atoms with Crippen molar-refractivity contribution in [1.82, 2.24) is 4.90 Å². The van der Waals surface area contributed by atoms with Gasteiger partial charge in [-0.3, -0.25) is 4.79 Å². The Bertz CT molecular complexity index is 387. The van der Waals surface area contributed by atoms with E-state index in [1.165, 1.54) is 37.1 Å². The number of rotatable bonds is 6. The Labute approximate surface area is 150 Å². The molecule has 3 nitrogen and oxygen atoms in total. The lowest BCUT2D eigenvalue weighted by atomic mass is 10.1. The van der Waals surface area contributed by atoms with E-state index in [0.29, 0.717) is 6.47 Å². The molecule has 0 aromatic heterocycles. The SMILES string of the molecule is CC.CC.CCCN(C)CCC.O=COC1CCc2ccccc21. The molecule has 2 rings (SSSR count). The Kier molecular flexibility index (Phi) is 18.7. The van der Waals surface area contributed by atoms with E-state index in [4.69, 9.17) is 4.74 Å². The maximum atomic E-state index is 10.1. The minimum Gasteiger partial charge on any atom is -0.460 e. The maximum absolute atomic E-state index is 10.1. The second-order valence-electron chi connectivity index (χ2n) is 5.26. The fourth-order valence-electron chi connectivity index (χ4n) is 2.60. The highest BCUT2D eigenvalue weighted by molar-refractivity contribution is 5.41. The van der Waals surface area contributed by atoms with Crippen LogP contribution in [0.15, 0.2) is 24.3 Å². The monoisotopic (exact) mass is 337 g/mol. The van der Waals surface area contributed by atoms with Crippen LogP contribution in [0.4, 0.5) is 0 Å². The van der Waals surface area contributed by atoms with E-state index < -0.39 is 0 Å². The van der Waals surface area contributed by atoms with Gasteiger partial charge in [-0.15, -0.1) is 0 Å². The summed E-state index contributed by atoms with van der Waals surface area (Å²) >= 11 is 0. The second-order valence-corrected chi connectivity index (χ2v) is 5.26. The molecule has 0 saturated carbocycles. The van der Waals surface area contributed by atoms with Crippen LogP contribution in [0.1, 0.15) is 78.0 Å². The van der Waals surface area contributed by atoms with Gasteiger partial charge in [0.25, 0.3) is 6.47 Å². The molecule has 1 unspecified atom stereocenters. The van der Waals surface area contributed by atoms with Crippen LogP contribution in [-0.4, -0.2) is 31.5 Å². The molecule has 1 atom stereocenters. The summed E-state index contributed by atoms with van der Waals surface area (Å²) in [7, 11) is 2.17. The molecule has 1 aliphatic rings. The molecule has 0 heterocycles. The normalized spacial score (nSPS) is 14.1. The molecule has 0 fully saturated rings. The Hall–Kier alpha value is -1.35.